The highest BCUT2D eigenvalue weighted by Gasteiger charge is 2.37. The van der Waals surface area contributed by atoms with Gasteiger partial charge in [-0.15, -0.1) is 0 Å². The first-order chi connectivity index (χ1) is 22.8. The van der Waals surface area contributed by atoms with Crippen LogP contribution in [0.1, 0.15) is 48.8 Å². The average molecular weight is 714 g/mol. The minimum atomic E-state index is -0.916. The van der Waals surface area contributed by atoms with Crippen LogP contribution in [-0.2, 0) is 9.53 Å². The highest BCUT2D eigenvalue weighted by molar-refractivity contribution is 9.10. The molecule has 5 aromatic rings. The van der Waals surface area contributed by atoms with E-state index in [-0.39, 0.29) is 17.7 Å². The van der Waals surface area contributed by atoms with Crippen LogP contribution < -0.4 is 24.4 Å². The second-order valence-corrected chi connectivity index (χ2v) is 12.7. The van der Waals surface area contributed by atoms with E-state index < -0.39 is 12.0 Å². The Hall–Kier alpha value is -4.67. The van der Waals surface area contributed by atoms with Gasteiger partial charge >= 0.3 is 5.97 Å². The van der Waals surface area contributed by atoms with E-state index in [1.807, 2.05) is 86.6 Å². The van der Waals surface area contributed by atoms with Gasteiger partial charge in [0.25, 0.3) is 5.56 Å². The molecule has 0 fully saturated rings. The number of aryl methyl sites for hydroxylation is 1. The van der Waals surface area contributed by atoms with Gasteiger partial charge in [-0.1, -0.05) is 82.7 Å². The molecule has 1 aliphatic rings. The van der Waals surface area contributed by atoms with Crippen molar-refractivity contribution in [3.63, 3.8) is 0 Å². The van der Waals surface area contributed by atoms with Crippen LogP contribution in [-0.4, -0.2) is 30.9 Å². The van der Waals surface area contributed by atoms with E-state index in [2.05, 4.69) is 15.9 Å². The van der Waals surface area contributed by atoms with E-state index in [9.17, 15) is 9.59 Å². The summed E-state index contributed by atoms with van der Waals surface area (Å²) >= 11 is 4.85. The van der Waals surface area contributed by atoms with Crippen LogP contribution in [0.15, 0.2) is 103 Å². The van der Waals surface area contributed by atoms with Crippen LogP contribution in [0.4, 0.5) is 0 Å². The van der Waals surface area contributed by atoms with Crippen LogP contribution >= 0.6 is 27.3 Å². The SMILES string of the molecule is CCCOc1c(OC)cccc1[C@H]1C(C(=O)OCC)=C(c2ccccc2)N=c2s/c(=C/c3ccc(-c4ccc(C)cc4Br)o3)c(=O)n21. The number of thiazole rings is 1. The number of furan rings is 1. The monoisotopic (exact) mass is 712 g/mol. The average Bonchev–Trinajstić information content (AvgIpc) is 3.66. The minimum absolute atomic E-state index is 0.150. The number of benzene rings is 3. The first-order valence-electron chi connectivity index (χ1n) is 15.3. The molecule has 0 radical (unpaired) electrons. The number of para-hydroxylation sites is 1. The van der Waals surface area contributed by atoms with Crippen molar-refractivity contribution in [3.05, 3.63) is 131 Å². The molecule has 0 unspecified atom stereocenters. The first kappa shape index (κ1) is 32.3. The van der Waals surface area contributed by atoms with Crippen LogP contribution in [0.5, 0.6) is 11.5 Å². The van der Waals surface area contributed by atoms with E-state index in [4.69, 9.17) is 23.6 Å². The van der Waals surface area contributed by atoms with Crippen molar-refractivity contribution in [1.29, 1.82) is 0 Å². The number of halogens is 1. The summed E-state index contributed by atoms with van der Waals surface area (Å²) in [6, 6.07) is 23.7. The van der Waals surface area contributed by atoms with Gasteiger partial charge in [0.2, 0.25) is 0 Å². The molecule has 0 N–H and O–H groups in total. The number of carbonyl (C=O) groups excluding carboxylic acids is 1. The second kappa shape index (κ2) is 14.0. The maximum absolute atomic E-state index is 14.4. The van der Waals surface area contributed by atoms with Crippen molar-refractivity contribution in [3.8, 4) is 22.8 Å². The smallest absolute Gasteiger partial charge is 0.338 e. The molecule has 47 heavy (non-hydrogen) atoms. The van der Waals surface area contributed by atoms with Crippen molar-refractivity contribution in [2.45, 2.75) is 33.2 Å². The highest BCUT2D eigenvalue weighted by atomic mass is 79.9. The quantitative estimate of drug-likeness (QED) is 0.144. The maximum Gasteiger partial charge on any atom is 0.338 e. The summed E-state index contributed by atoms with van der Waals surface area (Å²) in [7, 11) is 1.56. The Morgan fingerprint density at radius 2 is 1.87 bits per heavy atom. The third kappa shape index (κ3) is 6.35. The highest BCUT2D eigenvalue weighted by Crippen LogP contribution is 2.42. The number of esters is 1. The Balaban J connectivity index is 1.60. The molecule has 3 aromatic carbocycles. The van der Waals surface area contributed by atoms with E-state index in [0.717, 1.165) is 27.6 Å². The van der Waals surface area contributed by atoms with Gasteiger partial charge in [0.05, 0.1) is 36.1 Å². The zero-order valence-electron chi connectivity index (χ0n) is 26.4. The van der Waals surface area contributed by atoms with Crippen molar-refractivity contribution < 1.29 is 23.4 Å². The maximum atomic E-state index is 14.4. The van der Waals surface area contributed by atoms with Crippen molar-refractivity contribution in [2.24, 2.45) is 4.99 Å². The molecule has 2 aromatic heterocycles. The van der Waals surface area contributed by atoms with Crippen LogP contribution in [0.2, 0.25) is 0 Å². The summed E-state index contributed by atoms with van der Waals surface area (Å²) < 4.78 is 26.6. The molecule has 8 nitrogen and oxygen atoms in total. The molecular formula is C37H33BrN2O6S. The fraction of sp³-hybridized carbons (Fsp3) is 0.216. The van der Waals surface area contributed by atoms with Crippen LogP contribution in [0.3, 0.4) is 0 Å². The Morgan fingerprint density at radius 3 is 2.60 bits per heavy atom. The molecule has 1 aliphatic heterocycles. The fourth-order valence-corrected chi connectivity index (χ4v) is 7.20. The normalized spacial score (nSPS) is 14.5. The Bertz CT molecular complexity index is 2160. The van der Waals surface area contributed by atoms with E-state index in [1.165, 1.54) is 11.3 Å². The number of methoxy groups -OCH3 is 1. The summed E-state index contributed by atoms with van der Waals surface area (Å²) in [5, 5.41) is 0. The third-order valence-corrected chi connectivity index (χ3v) is 9.28. The number of carbonyl (C=O) groups is 1. The van der Waals surface area contributed by atoms with Gasteiger partial charge in [-0.2, -0.15) is 0 Å². The second-order valence-electron chi connectivity index (χ2n) is 10.8. The summed E-state index contributed by atoms with van der Waals surface area (Å²) in [5.74, 6) is 1.55. The molecule has 0 saturated heterocycles. The number of aromatic nitrogens is 1. The van der Waals surface area contributed by atoms with E-state index in [1.54, 1.807) is 30.7 Å². The number of ether oxygens (including phenoxy) is 3. The number of hydrogen-bond acceptors (Lipinski definition) is 8. The van der Waals surface area contributed by atoms with Crippen LogP contribution in [0, 0.1) is 6.92 Å². The predicted octanol–water partition coefficient (Wildman–Crippen LogP) is 7.06. The summed E-state index contributed by atoms with van der Waals surface area (Å²) in [5.41, 5.74) is 3.66. The lowest BCUT2D eigenvalue weighted by Crippen LogP contribution is -2.40. The van der Waals surface area contributed by atoms with Gasteiger partial charge in [0.15, 0.2) is 16.3 Å². The molecule has 0 amide bonds. The zero-order valence-corrected chi connectivity index (χ0v) is 28.8. The molecule has 1 atom stereocenters. The fourth-order valence-electron chi connectivity index (χ4n) is 5.53. The standard InChI is InChI=1S/C37H33BrN2O6S/c1-5-19-45-34-26(13-10-14-29(34)43-4)33-31(36(42)44-6-2)32(23-11-8-7-9-12-23)39-37-40(33)35(41)30(47-37)21-24-16-18-28(46-24)25-17-15-22(3)20-27(25)38/h7-18,20-21,33H,5-6,19H2,1-4H3/b30-21+/t33-/m0/s1. The first-order valence-corrected chi connectivity index (χ1v) is 16.9. The molecule has 6 rings (SSSR count). The largest absolute Gasteiger partial charge is 0.493 e. The molecule has 0 bridgehead atoms. The lowest BCUT2D eigenvalue weighted by atomic mass is 9.92. The van der Waals surface area contributed by atoms with Gasteiger partial charge in [0, 0.05) is 27.2 Å². The van der Waals surface area contributed by atoms with Crippen molar-refractivity contribution in [2.75, 3.05) is 20.3 Å². The summed E-state index contributed by atoms with van der Waals surface area (Å²) in [4.78, 5) is 33.7. The number of rotatable bonds is 10. The molecular weight excluding hydrogens is 680 g/mol. The van der Waals surface area contributed by atoms with Gasteiger partial charge < -0.3 is 18.6 Å². The minimum Gasteiger partial charge on any atom is -0.493 e. The van der Waals surface area contributed by atoms with E-state index in [0.29, 0.717) is 50.2 Å². The van der Waals surface area contributed by atoms with Crippen molar-refractivity contribution in [1.82, 2.24) is 4.57 Å². The molecule has 10 heteroatoms. The molecule has 240 valence electrons. The van der Waals surface area contributed by atoms with Gasteiger partial charge in [-0.25, -0.2) is 9.79 Å². The Morgan fingerprint density at radius 1 is 1.06 bits per heavy atom. The topological polar surface area (TPSA) is 92.3 Å². The van der Waals surface area contributed by atoms with E-state index >= 15 is 0 Å². The summed E-state index contributed by atoms with van der Waals surface area (Å²) in [6.45, 7) is 6.34. The lowest BCUT2D eigenvalue weighted by molar-refractivity contribution is -0.138. The number of nitrogens with zero attached hydrogens (tertiary/aromatic N) is 2. The molecule has 0 saturated carbocycles. The predicted molar refractivity (Wildman–Crippen MR) is 186 cm³/mol. The zero-order chi connectivity index (χ0) is 33.1. The third-order valence-electron chi connectivity index (χ3n) is 7.64. The van der Waals surface area contributed by atoms with Crippen molar-refractivity contribution >= 4 is 45.0 Å². The van der Waals surface area contributed by atoms with Gasteiger partial charge in [-0.3, -0.25) is 9.36 Å². The Kier molecular flexibility index (Phi) is 9.60. The van der Waals surface area contributed by atoms with Crippen LogP contribution in [0.25, 0.3) is 23.1 Å². The lowest BCUT2D eigenvalue weighted by Gasteiger charge is -2.27. The number of fused-ring (bicyclic) bond motifs is 1. The van der Waals surface area contributed by atoms with Gasteiger partial charge in [-0.05, 0) is 56.2 Å². The molecule has 3 heterocycles. The summed E-state index contributed by atoms with van der Waals surface area (Å²) in [6.07, 6.45) is 2.46. The number of hydrogen-bond donors (Lipinski definition) is 0. The van der Waals surface area contributed by atoms with Gasteiger partial charge in [0.1, 0.15) is 17.6 Å². The Labute approximate surface area is 284 Å². The molecule has 0 aliphatic carbocycles. The molecule has 0 spiro atoms.